The molecular formula is C20H23IN2OS. The van der Waals surface area contributed by atoms with Crippen LogP contribution in [0.25, 0.3) is 0 Å². The quantitative estimate of drug-likeness (QED) is 0.476. The van der Waals surface area contributed by atoms with Gasteiger partial charge in [-0.1, -0.05) is 38.1 Å². The van der Waals surface area contributed by atoms with Crippen molar-refractivity contribution in [2.75, 3.05) is 5.32 Å². The number of anilines is 1. The van der Waals surface area contributed by atoms with Gasteiger partial charge in [0.25, 0.3) is 0 Å². The Morgan fingerprint density at radius 2 is 1.64 bits per heavy atom. The summed E-state index contributed by atoms with van der Waals surface area (Å²) in [6.45, 7) is 6.29. The van der Waals surface area contributed by atoms with E-state index >= 15 is 0 Å². The van der Waals surface area contributed by atoms with E-state index in [0.717, 1.165) is 21.2 Å². The van der Waals surface area contributed by atoms with E-state index in [2.05, 4.69) is 59.2 Å². The van der Waals surface area contributed by atoms with Crippen molar-refractivity contribution >= 4 is 51.5 Å². The van der Waals surface area contributed by atoms with Gasteiger partial charge in [-0.25, -0.2) is 0 Å². The summed E-state index contributed by atoms with van der Waals surface area (Å²) >= 11 is 7.48. The number of hydrogen-bond acceptors (Lipinski definition) is 2. The SMILES string of the molecule is CC(C)Cc1ccc(C(C)C(=O)NC(=S)Nc2ccc(I)cc2)cc1. The second-order valence-corrected chi connectivity index (χ2v) is 8.17. The second kappa shape index (κ2) is 9.29. The third kappa shape index (κ3) is 6.40. The number of thiocarbonyl (C=S) groups is 1. The van der Waals surface area contributed by atoms with Crippen molar-refractivity contribution in [3.8, 4) is 0 Å². The molecule has 0 fully saturated rings. The number of carbonyl (C=O) groups excluding carboxylic acids is 1. The van der Waals surface area contributed by atoms with E-state index in [0.29, 0.717) is 11.0 Å². The highest BCUT2D eigenvalue weighted by Gasteiger charge is 2.16. The third-order valence-corrected chi connectivity index (χ3v) is 4.78. The van der Waals surface area contributed by atoms with Crippen molar-refractivity contribution in [1.29, 1.82) is 0 Å². The summed E-state index contributed by atoms with van der Waals surface area (Å²) in [6.07, 6.45) is 1.05. The van der Waals surface area contributed by atoms with E-state index in [4.69, 9.17) is 12.2 Å². The van der Waals surface area contributed by atoms with Gasteiger partial charge in [-0.05, 0) is 89.5 Å². The molecular weight excluding hydrogens is 443 g/mol. The predicted octanol–water partition coefficient (Wildman–Crippen LogP) is 5.11. The molecule has 0 bridgehead atoms. The largest absolute Gasteiger partial charge is 0.332 e. The van der Waals surface area contributed by atoms with Crippen LogP contribution < -0.4 is 10.6 Å². The Labute approximate surface area is 168 Å². The molecule has 2 rings (SSSR count). The zero-order chi connectivity index (χ0) is 18.4. The van der Waals surface area contributed by atoms with E-state index in [1.165, 1.54) is 5.56 Å². The molecule has 0 saturated heterocycles. The predicted molar refractivity (Wildman–Crippen MR) is 117 cm³/mol. The molecule has 1 atom stereocenters. The molecule has 0 spiro atoms. The number of nitrogens with one attached hydrogen (secondary N) is 2. The van der Waals surface area contributed by atoms with Gasteiger partial charge in [-0.3, -0.25) is 4.79 Å². The zero-order valence-corrected chi connectivity index (χ0v) is 17.6. The van der Waals surface area contributed by atoms with Crippen molar-refractivity contribution in [3.63, 3.8) is 0 Å². The number of halogens is 1. The first-order valence-corrected chi connectivity index (χ1v) is 9.80. The highest BCUT2D eigenvalue weighted by Crippen LogP contribution is 2.18. The Kier molecular flexibility index (Phi) is 7.38. The average Bonchev–Trinajstić information content (AvgIpc) is 2.56. The minimum Gasteiger partial charge on any atom is -0.332 e. The van der Waals surface area contributed by atoms with E-state index in [-0.39, 0.29) is 11.8 Å². The van der Waals surface area contributed by atoms with Crippen molar-refractivity contribution in [2.45, 2.75) is 33.1 Å². The lowest BCUT2D eigenvalue weighted by atomic mass is 9.96. The van der Waals surface area contributed by atoms with Gasteiger partial charge in [0.05, 0.1) is 5.92 Å². The fourth-order valence-corrected chi connectivity index (χ4v) is 3.06. The van der Waals surface area contributed by atoms with Crippen LogP contribution in [-0.2, 0) is 11.2 Å². The van der Waals surface area contributed by atoms with Crippen LogP contribution in [0.4, 0.5) is 5.69 Å². The summed E-state index contributed by atoms with van der Waals surface area (Å²) < 4.78 is 1.15. The molecule has 3 nitrogen and oxygen atoms in total. The fourth-order valence-electron chi connectivity index (χ4n) is 2.48. The summed E-state index contributed by atoms with van der Waals surface area (Å²) in [5.74, 6) is 0.250. The van der Waals surface area contributed by atoms with E-state index in [9.17, 15) is 4.79 Å². The first kappa shape index (κ1) is 19.8. The molecule has 2 N–H and O–H groups in total. The van der Waals surface area contributed by atoms with Crippen molar-refractivity contribution in [2.24, 2.45) is 5.92 Å². The molecule has 1 amide bonds. The summed E-state index contributed by atoms with van der Waals surface area (Å²) in [5, 5.41) is 6.12. The van der Waals surface area contributed by atoms with Crippen LogP contribution in [0.3, 0.4) is 0 Å². The molecule has 2 aromatic rings. The van der Waals surface area contributed by atoms with Crippen molar-refractivity contribution in [3.05, 3.63) is 63.2 Å². The molecule has 0 aliphatic rings. The van der Waals surface area contributed by atoms with Gasteiger partial charge in [0.15, 0.2) is 5.11 Å². The van der Waals surface area contributed by atoms with Gasteiger partial charge >= 0.3 is 0 Å². The van der Waals surface area contributed by atoms with Crippen LogP contribution in [-0.4, -0.2) is 11.0 Å². The number of carbonyl (C=O) groups is 1. The van der Waals surface area contributed by atoms with E-state index < -0.39 is 0 Å². The van der Waals surface area contributed by atoms with Gasteiger partial charge in [0.1, 0.15) is 0 Å². The molecule has 25 heavy (non-hydrogen) atoms. The van der Waals surface area contributed by atoms with E-state index in [1.54, 1.807) is 0 Å². The van der Waals surface area contributed by atoms with Crippen LogP contribution in [0.15, 0.2) is 48.5 Å². The van der Waals surface area contributed by atoms with Gasteiger partial charge < -0.3 is 10.6 Å². The maximum absolute atomic E-state index is 12.4. The standard InChI is InChI=1S/C20H23IN2OS/c1-13(2)12-15-4-6-16(7-5-15)14(3)19(24)23-20(25)22-18-10-8-17(21)9-11-18/h4-11,13-14H,12H2,1-3H3,(H2,22,23,24,25). The highest BCUT2D eigenvalue weighted by atomic mass is 127. The monoisotopic (exact) mass is 466 g/mol. The number of hydrogen-bond donors (Lipinski definition) is 2. The first-order valence-electron chi connectivity index (χ1n) is 8.31. The molecule has 0 saturated carbocycles. The molecule has 0 aromatic heterocycles. The van der Waals surface area contributed by atoms with Gasteiger partial charge in [-0.2, -0.15) is 0 Å². The molecule has 132 valence electrons. The van der Waals surface area contributed by atoms with Crippen LogP contribution >= 0.6 is 34.8 Å². The topological polar surface area (TPSA) is 41.1 Å². The van der Waals surface area contributed by atoms with Crippen LogP contribution in [0.5, 0.6) is 0 Å². The molecule has 1 unspecified atom stereocenters. The van der Waals surface area contributed by atoms with Crippen LogP contribution in [0, 0.1) is 9.49 Å². The minimum atomic E-state index is -0.260. The maximum atomic E-state index is 12.4. The lowest BCUT2D eigenvalue weighted by Crippen LogP contribution is -2.36. The Morgan fingerprint density at radius 3 is 2.20 bits per heavy atom. The summed E-state index contributed by atoms with van der Waals surface area (Å²) in [5.41, 5.74) is 3.14. The van der Waals surface area contributed by atoms with Crippen LogP contribution in [0.1, 0.15) is 37.8 Å². The molecule has 0 heterocycles. The van der Waals surface area contributed by atoms with Gasteiger partial charge in [0, 0.05) is 9.26 Å². The Bertz CT molecular complexity index is 726. The zero-order valence-electron chi connectivity index (χ0n) is 14.7. The lowest BCUT2D eigenvalue weighted by Gasteiger charge is -2.15. The molecule has 2 aromatic carbocycles. The highest BCUT2D eigenvalue weighted by molar-refractivity contribution is 14.1. The Hall–Kier alpha value is -1.47. The summed E-state index contributed by atoms with van der Waals surface area (Å²) in [7, 11) is 0. The first-order chi connectivity index (χ1) is 11.8. The minimum absolute atomic E-state index is 0.111. The lowest BCUT2D eigenvalue weighted by molar-refractivity contribution is -0.120. The number of benzene rings is 2. The van der Waals surface area contributed by atoms with E-state index in [1.807, 2.05) is 43.3 Å². The third-order valence-electron chi connectivity index (χ3n) is 3.86. The summed E-state index contributed by atoms with van der Waals surface area (Å²) in [4.78, 5) is 12.4. The average molecular weight is 466 g/mol. The molecule has 0 aliphatic carbocycles. The van der Waals surface area contributed by atoms with Crippen LogP contribution in [0.2, 0.25) is 0 Å². The number of amides is 1. The molecule has 0 aliphatic heterocycles. The molecule has 5 heteroatoms. The maximum Gasteiger partial charge on any atom is 0.233 e. The Morgan fingerprint density at radius 1 is 1.04 bits per heavy atom. The number of rotatable bonds is 5. The fraction of sp³-hybridized carbons (Fsp3) is 0.300. The summed E-state index contributed by atoms with van der Waals surface area (Å²) in [6, 6.07) is 16.1. The normalized spacial score (nSPS) is 11.9. The van der Waals surface area contributed by atoms with Gasteiger partial charge in [0.2, 0.25) is 5.91 Å². The Balaban J connectivity index is 1.92. The van der Waals surface area contributed by atoms with Gasteiger partial charge in [-0.15, -0.1) is 0 Å². The second-order valence-electron chi connectivity index (χ2n) is 6.51. The molecule has 0 radical (unpaired) electrons. The smallest absolute Gasteiger partial charge is 0.233 e. The van der Waals surface area contributed by atoms with Crippen molar-refractivity contribution in [1.82, 2.24) is 5.32 Å². The van der Waals surface area contributed by atoms with Crippen molar-refractivity contribution < 1.29 is 4.79 Å².